The van der Waals surface area contributed by atoms with Crippen molar-refractivity contribution in [2.45, 2.75) is 13.8 Å². The predicted octanol–water partition coefficient (Wildman–Crippen LogP) is 1.61. The van der Waals surface area contributed by atoms with Gasteiger partial charge in [-0.1, -0.05) is 18.2 Å². The molecule has 2 N–H and O–H groups in total. The first-order valence-corrected chi connectivity index (χ1v) is 3.67. The number of nitrogens with two attached hydrogens (primary N) is 1. The quantitative estimate of drug-likeness (QED) is 0.487. The average molecular weight is 150 g/mol. The Balaban J connectivity index is 3.21. The first kappa shape index (κ1) is 8.08. The minimum absolute atomic E-state index is 1.12. The molecule has 1 aromatic carbocycles. The number of aryl methyl sites for hydroxylation is 2. The molecule has 0 aliphatic heterocycles. The number of para-hydroxylation sites is 1. The molecule has 0 radical (unpaired) electrons. The van der Waals surface area contributed by atoms with Crippen LogP contribution < -0.4 is 10.9 Å². The Morgan fingerprint density at radius 2 is 1.64 bits per heavy atom. The third-order valence-corrected chi connectivity index (χ3v) is 1.79. The third-order valence-electron chi connectivity index (χ3n) is 1.79. The second-order valence-corrected chi connectivity index (χ2v) is 2.85. The monoisotopic (exact) mass is 150 g/mol. The van der Waals surface area contributed by atoms with Crippen molar-refractivity contribution in [2.75, 3.05) is 12.1 Å². The lowest BCUT2D eigenvalue weighted by Crippen LogP contribution is -2.26. The Morgan fingerprint density at radius 1 is 1.18 bits per heavy atom. The molecule has 1 rings (SSSR count). The van der Waals surface area contributed by atoms with Gasteiger partial charge in [-0.15, -0.1) is 0 Å². The van der Waals surface area contributed by atoms with Crippen LogP contribution >= 0.6 is 0 Å². The normalized spacial score (nSPS) is 9.82. The molecule has 0 aliphatic carbocycles. The SMILES string of the molecule is Cc1cccc(C)c1N(C)N. The zero-order valence-electron chi connectivity index (χ0n) is 7.26. The second-order valence-electron chi connectivity index (χ2n) is 2.85. The summed E-state index contributed by atoms with van der Waals surface area (Å²) in [6, 6.07) is 6.16. The molecular formula is C9H14N2. The maximum atomic E-state index is 5.65. The number of hydrogen-bond acceptors (Lipinski definition) is 2. The van der Waals surface area contributed by atoms with E-state index in [2.05, 4.69) is 26.0 Å². The van der Waals surface area contributed by atoms with Crippen LogP contribution in [0.4, 0.5) is 5.69 Å². The Hall–Kier alpha value is -1.02. The Labute approximate surface area is 67.6 Å². The first-order chi connectivity index (χ1) is 5.13. The lowest BCUT2D eigenvalue weighted by atomic mass is 10.1. The number of hydrogen-bond donors (Lipinski definition) is 1. The van der Waals surface area contributed by atoms with Gasteiger partial charge in [0.25, 0.3) is 0 Å². The predicted molar refractivity (Wildman–Crippen MR) is 48.5 cm³/mol. The molecule has 0 amide bonds. The summed E-state index contributed by atoms with van der Waals surface area (Å²) in [5, 5.41) is 1.66. The van der Waals surface area contributed by atoms with Crippen molar-refractivity contribution < 1.29 is 0 Å². The Morgan fingerprint density at radius 3 is 1.91 bits per heavy atom. The number of benzene rings is 1. The van der Waals surface area contributed by atoms with E-state index in [1.165, 1.54) is 11.1 Å². The minimum atomic E-state index is 1.12. The average Bonchev–Trinajstić information content (AvgIpc) is 1.85. The highest BCUT2D eigenvalue weighted by Gasteiger charge is 2.02. The van der Waals surface area contributed by atoms with E-state index in [4.69, 9.17) is 5.84 Å². The van der Waals surface area contributed by atoms with Gasteiger partial charge in [-0.25, -0.2) is 5.84 Å². The van der Waals surface area contributed by atoms with E-state index in [9.17, 15) is 0 Å². The topological polar surface area (TPSA) is 29.3 Å². The van der Waals surface area contributed by atoms with Crippen molar-refractivity contribution in [3.05, 3.63) is 29.3 Å². The van der Waals surface area contributed by atoms with Crippen LogP contribution in [0.2, 0.25) is 0 Å². The molecule has 0 aliphatic rings. The molecule has 60 valence electrons. The van der Waals surface area contributed by atoms with Gasteiger partial charge in [-0.3, -0.25) is 0 Å². The minimum Gasteiger partial charge on any atom is -0.314 e. The van der Waals surface area contributed by atoms with Crippen LogP contribution in [0.3, 0.4) is 0 Å². The third kappa shape index (κ3) is 1.52. The van der Waals surface area contributed by atoms with E-state index in [-0.39, 0.29) is 0 Å². The van der Waals surface area contributed by atoms with Crippen LogP contribution in [0.5, 0.6) is 0 Å². The van der Waals surface area contributed by atoms with E-state index in [0.29, 0.717) is 0 Å². The van der Waals surface area contributed by atoms with E-state index >= 15 is 0 Å². The summed E-state index contributed by atoms with van der Waals surface area (Å²) < 4.78 is 0. The van der Waals surface area contributed by atoms with Crippen molar-refractivity contribution in [1.29, 1.82) is 0 Å². The van der Waals surface area contributed by atoms with Crippen LogP contribution in [0.1, 0.15) is 11.1 Å². The Bertz CT molecular complexity index is 233. The van der Waals surface area contributed by atoms with Crippen LogP contribution in [0.15, 0.2) is 18.2 Å². The van der Waals surface area contributed by atoms with Gasteiger partial charge < -0.3 is 5.01 Å². The summed E-state index contributed by atoms with van der Waals surface area (Å²) in [5.41, 5.74) is 3.55. The number of anilines is 1. The molecule has 11 heavy (non-hydrogen) atoms. The summed E-state index contributed by atoms with van der Waals surface area (Å²) in [5.74, 6) is 5.65. The fourth-order valence-corrected chi connectivity index (χ4v) is 1.36. The molecule has 0 saturated heterocycles. The second kappa shape index (κ2) is 2.93. The van der Waals surface area contributed by atoms with Gasteiger partial charge in [0.05, 0.1) is 5.69 Å². The van der Waals surface area contributed by atoms with Crippen molar-refractivity contribution in [1.82, 2.24) is 0 Å². The highest BCUT2D eigenvalue weighted by atomic mass is 15.4. The summed E-state index contributed by atoms with van der Waals surface area (Å²) in [6.45, 7) is 4.12. The summed E-state index contributed by atoms with van der Waals surface area (Å²) in [6.07, 6.45) is 0. The molecule has 0 fully saturated rings. The van der Waals surface area contributed by atoms with E-state index in [1.807, 2.05) is 13.1 Å². The lowest BCUT2D eigenvalue weighted by molar-refractivity contribution is 0.997. The van der Waals surface area contributed by atoms with Gasteiger partial charge in [0.15, 0.2) is 0 Å². The smallest absolute Gasteiger partial charge is 0.0572 e. The maximum absolute atomic E-state index is 5.65. The molecule has 1 aromatic rings. The molecule has 0 heterocycles. The van der Waals surface area contributed by atoms with Gasteiger partial charge in [-0.2, -0.15) is 0 Å². The number of rotatable bonds is 1. The molecule has 0 aromatic heterocycles. The molecule has 0 spiro atoms. The van der Waals surface area contributed by atoms with Gasteiger partial charge in [0, 0.05) is 7.05 Å². The van der Waals surface area contributed by atoms with Crippen molar-refractivity contribution >= 4 is 5.69 Å². The van der Waals surface area contributed by atoms with Gasteiger partial charge >= 0.3 is 0 Å². The molecule has 0 atom stereocenters. The number of nitrogens with zero attached hydrogens (tertiary/aromatic N) is 1. The highest BCUT2D eigenvalue weighted by molar-refractivity contribution is 5.57. The van der Waals surface area contributed by atoms with Crippen LogP contribution in [-0.2, 0) is 0 Å². The fraction of sp³-hybridized carbons (Fsp3) is 0.333. The zero-order valence-corrected chi connectivity index (χ0v) is 7.26. The molecule has 0 bridgehead atoms. The molecule has 2 heteroatoms. The van der Waals surface area contributed by atoms with Gasteiger partial charge in [0.1, 0.15) is 0 Å². The summed E-state index contributed by atoms with van der Waals surface area (Å²) >= 11 is 0. The van der Waals surface area contributed by atoms with E-state index < -0.39 is 0 Å². The first-order valence-electron chi connectivity index (χ1n) is 3.67. The van der Waals surface area contributed by atoms with Crippen LogP contribution in [0.25, 0.3) is 0 Å². The molecule has 2 nitrogen and oxygen atoms in total. The van der Waals surface area contributed by atoms with Crippen LogP contribution in [-0.4, -0.2) is 7.05 Å². The van der Waals surface area contributed by atoms with Crippen molar-refractivity contribution in [3.8, 4) is 0 Å². The zero-order chi connectivity index (χ0) is 8.43. The van der Waals surface area contributed by atoms with Crippen LogP contribution in [0, 0.1) is 13.8 Å². The Kier molecular flexibility index (Phi) is 2.15. The largest absolute Gasteiger partial charge is 0.314 e. The highest BCUT2D eigenvalue weighted by Crippen LogP contribution is 2.20. The fourth-order valence-electron chi connectivity index (χ4n) is 1.36. The molecule has 0 unspecified atom stereocenters. The number of hydrazine groups is 1. The van der Waals surface area contributed by atoms with Gasteiger partial charge in [0.2, 0.25) is 0 Å². The van der Waals surface area contributed by atoms with Crippen molar-refractivity contribution in [2.24, 2.45) is 5.84 Å². The standard InChI is InChI=1S/C9H14N2/c1-7-5-4-6-8(2)9(7)11(3)10/h4-6H,10H2,1-3H3. The van der Waals surface area contributed by atoms with E-state index in [0.717, 1.165) is 5.69 Å². The lowest BCUT2D eigenvalue weighted by Gasteiger charge is -2.17. The summed E-state index contributed by atoms with van der Waals surface area (Å²) in [7, 11) is 1.86. The molecule has 0 saturated carbocycles. The van der Waals surface area contributed by atoms with E-state index in [1.54, 1.807) is 5.01 Å². The maximum Gasteiger partial charge on any atom is 0.0572 e. The summed E-state index contributed by atoms with van der Waals surface area (Å²) in [4.78, 5) is 0. The molecular weight excluding hydrogens is 136 g/mol. The van der Waals surface area contributed by atoms with Crippen molar-refractivity contribution in [3.63, 3.8) is 0 Å². The van der Waals surface area contributed by atoms with Gasteiger partial charge in [-0.05, 0) is 25.0 Å².